The molecule has 0 saturated heterocycles. The third kappa shape index (κ3) is 2.25. The van der Waals surface area contributed by atoms with Gasteiger partial charge in [-0.3, -0.25) is 0 Å². The Morgan fingerprint density at radius 1 is 1.15 bits per heavy atom. The lowest BCUT2D eigenvalue weighted by Gasteiger charge is -2.28. The van der Waals surface area contributed by atoms with Crippen molar-refractivity contribution < 1.29 is 9.84 Å². The van der Waals surface area contributed by atoms with Gasteiger partial charge >= 0.3 is 0 Å². The molecule has 0 aromatic heterocycles. The minimum Gasteiger partial charge on any atom is -0.507 e. The van der Waals surface area contributed by atoms with Crippen molar-refractivity contribution in [3.63, 3.8) is 0 Å². The molecule has 1 atom stereocenters. The number of phenolic OH excluding ortho intramolecular Hbond substituents is 1. The van der Waals surface area contributed by atoms with Crippen LogP contribution in [0.2, 0.25) is 0 Å². The summed E-state index contributed by atoms with van der Waals surface area (Å²) in [4.78, 5) is 0. The van der Waals surface area contributed by atoms with Crippen LogP contribution in [-0.2, 0) is 11.3 Å². The van der Waals surface area contributed by atoms with Gasteiger partial charge in [-0.2, -0.15) is 0 Å². The second-order valence-corrected chi connectivity index (χ2v) is 5.31. The molecule has 2 aromatic carbocycles. The lowest BCUT2D eigenvalue weighted by molar-refractivity contribution is 0.0970. The molecule has 1 heterocycles. The van der Waals surface area contributed by atoms with E-state index < -0.39 is 0 Å². The number of benzene rings is 2. The van der Waals surface area contributed by atoms with Gasteiger partial charge in [0.2, 0.25) is 0 Å². The first-order valence-corrected chi connectivity index (χ1v) is 6.88. The number of hydrogen-bond acceptors (Lipinski definition) is 3. The first-order valence-electron chi connectivity index (χ1n) is 6.88. The van der Waals surface area contributed by atoms with E-state index in [4.69, 9.17) is 4.74 Å². The quantitative estimate of drug-likeness (QED) is 0.873. The maximum absolute atomic E-state index is 10.0. The molecule has 0 bridgehead atoms. The maximum Gasteiger partial charge on any atom is 0.123 e. The lowest BCUT2D eigenvalue weighted by atomic mass is 9.98. The molecular weight excluding hydrogens is 250 g/mol. The minimum absolute atomic E-state index is 0.126. The van der Waals surface area contributed by atoms with Crippen molar-refractivity contribution >= 4 is 5.69 Å². The van der Waals surface area contributed by atoms with E-state index in [-0.39, 0.29) is 6.04 Å². The zero-order valence-electron chi connectivity index (χ0n) is 11.8. The van der Waals surface area contributed by atoms with Gasteiger partial charge in [0.1, 0.15) is 5.75 Å². The molecule has 1 aliphatic rings. The van der Waals surface area contributed by atoms with Crippen LogP contribution < -0.4 is 5.32 Å². The van der Waals surface area contributed by atoms with E-state index in [1.165, 1.54) is 11.1 Å². The fraction of sp³-hybridized carbons (Fsp3) is 0.294. The summed E-state index contributed by atoms with van der Waals surface area (Å²) in [6.45, 7) is 5.16. The molecule has 3 rings (SSSR count). The van der Waals surface area contributed by atoms with E-state index in [0.717, 1.165) is 16.8 Å². The molecule has 20 heavy (non-hydrogen) atoms. The summed E-state index contributed by atoms with van der Waals surface area (Å²) < 4.78 is 5.65. The van der Waals surface area contributed by atoms with Crippen molar-refractivity contribution in [2.75, 3.05) is 11.9 Å². The Labute approximate surface area is 119 Å². The predicted molar refractivity (Wildman–Crippen MR) is 80.0 cm³/mol. The molecule has 1 unspecified atom stereocenters. The summed E-state index contributed by atoms with van der Waals surface area (Å²) in [7, 11) is 0. The summed E-state index contributed by atoms with van der Waals surface area (Å²) in [5.41, 5.74) is 5.24. The van der Waals surface area contributed by atoms with E-state index in [9.17, 15) is 5.11 Å². The average Bonchev–Trinajstić information content (AvgIpc) is 2.48. The molecule has 2 aromatic rings. The zero-order chi connectivity index (χ0) is 14.1. The van der Waals surface area contributed by atoms with Crippen LogP contribution in [0.15, 0.2) is 36.4 Å². The van der Waals surface area contributed by atoms with Gasteiger partial charge < -0.3 is 15.2 Å². The van der Waals surface area contributed by atoms with Crippen molar-refractivity contribution in [2.24, 2.45) is 0 Å². The van der Waals surface area contributed by atoms with Gasteiger partial charge in [0.15, 0.2) is 0 Å². The highest BCUT2D eigenvalue weighted by Crippen LogP contribution is 2.33. The summed E-state index contributed by atoms with van der Waals surface area (Å²) in [5.74, 6) is 0.361. The first kappa shape index (κ1) is 13.0. The molecule has 3 heteroatoms. The highest BCUT2D eigenvalue weighted by Gasteiger charge is 2.21. The smallest absolute Gasteiger partial charge is 0.123 e. The molecule has 2 N–H and O–H groups in total. The molecule has 0 saturated carbocycles. The Bertz CT molecular complexity index is 637. The van der Waals surface area contributed by atoms with Crippen molar-refractivity contribution in [3.8, 4) is 5.75 Å². The molecule has 3 nitrogen and oxygen atoms in total. The minimum atomic E-state index is 0.126. The van der Waals surface area contributed by atoms with E-state index in [1.54, 1.807) is 0 Å². The standard InChI is InChI=1S/C17H19NO2/c1-11-7-8-15(12(2)17(11)19)18-16-10-20-9-13-5-3-4-6-14(13)16/h3-8,16,18-19H,9-10H2,1-2H3. The van der Waals surface area contributed by atoms with Crippen molar-refractivity contribution in [1.82, 2.24) is 0 Å². The lowest BCUT2D eigenvalue weighted by Crippen LogP contribution is -2.23. The average molecular weight is 269 g/mol. The van der Waals surface area contributed by atoms with Crippen LogP contribution in [0.1, 0.15) is 28.3 Å². The third-order valence-electron chi connectivity index (χ3n) is 3.94. The van der Waals surface area contributed by atoms with Gasteiger partial charge in [-0.25, -0.2) is 0 Å². The normalized spacial score (nSPS) is 17.6. The maximum atomic E-state index is 10.0. The van der Waals surface area contributed by atoms with Crippen LogP contribution in [0, 0.1) is 13.8 Å². The fourth-order valence-electron chi connectivity index (χ4n) is 2.68. The second kappa shape index (κ2) is 5.17. The van der Waals surface area contributed by atoms with Crippen LogP contribution in [0.5, 0.6) is 5.75 Å². The zero-order valence-corrected chi connectivity index (χ0v) is 11.8. The molecule has 1 aliphatic heterocycles. The van der Waals surface area contributed by atoms with Crippen LogP contribution in [0.3, 0.4) is 0 Å². The number of hydrogen-bond donors (Lipinski definition) is 2. The number of aromatic hydroxyl groups is 1. The number of nitrogens with one attached hydrogen (secondary N) is 1. The topological polar surface area (TPSA) is 41.5 Å². The summed E-state index contributed by atoms with van der Waals surface area (Å²) >= 11 is 0. The van der Waals surface area contributed by atoms with Gasteiger partial charge in [0, 0.05) is 11.3 Å². The van der Waals surface area contributed by atoms with Gasteiger partial charge in [-0.15, -0.1) is 0 Å². The molecule has 104 valence electrons. The Morgan fingerprint density at radius 3 is 2.80 bits per heavy atom. The summed E-state index contributed by atoms with van der Waals surface area (Å²) in [6.07, 6.45) is 0. The predicted octanol–water partition coefficient (Wildman–Crippen LogP) is 3.69. The van der Waals surface area contributed by atoms with E-state index >= 15 is 0 Å². The van der Waals surface area contributed by atoms with E-state index in [1.807, 2.05) is 32.0 Å². The summed E-state index contributed by atoms with van der Waals surface area (Å²) in [6, 6.07) is 12.4. The monoisotopic (exact) mass is 269 g/mol. The van der Waals surface area contributed by atoms with E-state index in [2.05, 4.69) is 23.5 Å². The van der Waals surface area contributed by atoms with Crippen LogP contribution in [0.4, 0.5) is 5.69 Å². The van der Waals surface area contributed by atoms with Gasteiger partial charge in [0.25, 0.3) is 0 Å². The first-order chi connectivity index (χ1) is 9.66. The molecule has 0 amide bonds. The SMILES string of the molecule is Cc1ccc(NC2COCc3ccccc32)c(C)c1O. The van der Waals surface area contributed by atoms with Gasteiger partial charge in [-0.05, 0) is 36.6 Å². The number of ether oxygens (including phenoxy) is 1. The number of aryl methyl sites for hydroxylation is 1. The Morgan fingerprint density at radius 2 is 1.95 bits per heavy atom. The van der Waals surface area contributed by atoms with E-state index in [0.29, 0.717) is 19.0 Å². The number of fused-ring (bicyclic) bond motifs is 1. The fourth-order valence-corrected chi connectivity index (χ4v) is 2.68. The Kier molecular flexibility index (Phi) is 3.36. The van der Waals surface area contributed by atoms with Gasteiger partial charge in [0.05, 0.1) is 19.3 Å². The van der Waals surface area contributed by atoms with Crippen LogP contribution in [0.25, 0.3) is 0 Å². The highest BCUT2D eigenvalue weighted by atomic mass is 16.5. The molecule has 0 radical (unpaired) electrons. The molecule has 0 aliphatic carbocycles. The summed E-state index contributed by atoms with van der Waals surface area (Å²) in [5, 5.41) is 13.5. The largest absolute Gasteiger partial charge is 0.507 e. The van der Waals surface area contributed by atoms with Crippen molar-refractivity contribution in [3.05, 3.63) is 58.7 Å². The Hall–Kier alpha value is -2.00. The van der Waals surface area contributed by atoms with Crippen molar-refractivity contribution in [2.45, 2.75) is 26.5 Å². The molecular formula is C17H19NO2. The third-order valence-corrected chi connectivity index (χ3v) is 3.94. The van der Waals surface area contributed by atoms with Crippen molar-refractivity contribution in [1.29, 1.82) is 0 Å². The highest BCUT2D eigenvalue weighted by molar-refractivity contribution is 5.60. The molecule has 0 fully saturated rings. The van der Waals surface area contributed by atoms with Crippen LogP contribution >= 0.6 is 0 Å². The van der Waals surface area contributed by atoms with Gasteiger partial charge in [-0.1, -0.05) is 30.3 Å². The molecule has 0 spiro atoms. The number of anilines is 1. The number of rotatable bonds is 2. The van der Waals surface area contributed by atoms with Crippen LogP contribution in [-0.4, -0.2) is 11.7 Å². The second-order valence-electron chi connectivity index (χ2n) is 5.31. The Balaban J connectivity index is 1.92. The number of phenols is 1.